The second-order valence-electron chi connectivity index (χ2n) is 7.44. The summed E-state index contributed by atoms with van der Waals surface area (Å²) >= 11 is 0. The van der Waals surface area contributed by atoms with Crippen LogP contribution in [0.5, 0.6) is 0 Å². The summed E-state index contributed by atoms with van der Waals surface area (Å²) in [4.78, 5) is 24.2. The lowest BCUT2D eigenvalue weighted by atomic mass is 10.0. The number of alkyl carbamates (subject to hydrolysis) is 1. The van der Waals surface area contributed by atoms with Crippen LogP contribution in [0.1, 0.15) is 42.3 Å². The maximum Gasteiger partial charge on any atom is 0.407 e. The van der Waals surface area contributed by atoms with Crippen LogP contribution < -0.4 is 5.32 Å². The maximum atomic E-state index is 12.5. The highest BCUT2D eigenvalue weighted by Crippen LogP contribution is 2.15. The molecule has 0 aliphatic carbocycles. The van der Waals surface area contributed by atoms with E-state index in [1.54, 1.807) is 18.3 Å². The molecular weight excluding hydrogens is 342 g/mol. The van der Waals surface area contributed by atoms with E-state index in [0.717, 1.165) is 22.0 Å². The van der Waals surface area contributed by atoms with Crippen molar-refractivity contribution in [1.29, 1.82) is 0 Å². The number of ketones is 1. The highest BCUT2D eigenvalue weighted by molar-refractivity contribution is 5.98. The number of H-pyrrole nitrogens is 1. The van der Waals surface area contributed by atoms with Gasteiger partial charge < -0.3 is 10.1 Å². The van der Waals surface area contributed by atoms with Crippen molar-refractivity contribution in [3.05, 3.63) is 65.4 Å². The predicted molar refractivity (Wildman–Crippen MR) is 104 cm³/mol. The van der Waals surface area contributed by atoms with Crippen molar-refractivity contribution < 1.29 is 14.3 Å². The number of fused-ring (bicyclic) bond motifs is 1. The Morgan fingerprint density at radius 2 is 1.78 bits per heavy atom. The summed E-state index contributed by atoms with van der Waals surface area (Å²) in [6.45, 7) is 5.80. The molecule has 1 aromatic heterocycles. The van der Waals surface area contributed by atoms with Gasteiger partial charge in [0.2, 0.25) is 0 Å². The van der Waals surface area contributed by atoms with Crippen LogP contribution in [-0.4, -0.2) is 27.7 Å². The largest absolute Gasteiger partial charge is 0.444 e. The van der Waals surface area contributed by atoms with Gasteiger partial charge in [0, 0.05) is 23.9 Å². The Hall–Kier alpha value is -3.15. The third-order valence-electron chi connectivity index (χ3n) is 3.98. The minimum Gasteiger partial charge on any atom is -0.444 e. The number of benzene rings is 2. The third-order valence-corrected chi connectivity index (χ3v) is 3.98. The molecule has 27 heavy (non-hydrogen) atoms. The molecule has 0 saturated heterocycles. The Morgan fingerprint density at radius 1 is 1.07 bits per heavy atom. The second kappa shape index (κ2) is 7.61. The Bertz CT molecular complexity index is 953. The quantitative estimate of drug-likeness (QED) is 0.669. The van der Waals surface area contributed by atoms with Crippen molar-refractivity contribution in [3.8, 4) is 0 Å². The van der Waals surface area contributed by atoms with Gasteiger partial charge in [0.25, 0.3) is 0 Å². The third kappa shape index (κ3) is 5.17. The van der Waals surface area contributed by atoms with Gasteiger partial charge in [-0.3, -0.25) is 9.89 Å². The van der Waals surface area contributed by atoms with E-state index in [0.29, 0.717) is 18.5 Å². The number of amides is 1. The van der Waals surface area contributed by atoms with Gasteiger partial charge in [-0.05, 0) is 44.0 Å². The summed E-state index contributed by atoms with van der Waals surface area (Å²) in [7, 11) is 0. The molecule has 3 aromatic rings. The smallest absolute Gasteiger partial charge is 0.407 e. The number of Topliss-reactive ketones (excluding diaryl/α,β-unsaturated/α-hetero) is 1. The van der Waals surface area contributed by atoms with Gasteiger partial charge in [0.05, 0.1) is 11.7 Å². The second-order valence-corrected chi connectivity index (χ2v) is 7.44. The fourth-order valence-corrected chi connectivity index (χ4v) is 2.69. The lowest BCUT2D eigenvalue weighted by Gasteiger charge is -2.19. The van der Waals surface area contributed by atoms with Gasteiger partial charge in [-0.15, -0.1) is 0 Å². The number of hydrogen-bond acceptors (Lipinski definition) is 4. The number of nitrogens with one attached hydrogen (secondary N) is 2. The number of carbonyl (C=O) groups excluding carboxylic acids is 2. The summed E-state index contributed by atoms with van der Waals surface area (Å²) in [6, 6.07) is 13.1. The monoisotopic (exact) mass is 365 g/mol. The molecule has 0 aliphatic rings. The fourth-order valence-electron chi connectivity index (χ4n) is 2.69. The lowest BCUT2D eigenvalue weighted by molar-refractivity contribution is 0.0523. The summed E-state index contributed by atoms with van der Waals surface area (Å²) < 4.78 is 5.20. The zero-order valence-corrected chi connectivity index (χ0v) is 15.7. The van der Waals surface area contributed by atoms with E-state index in [4.69, 9.17) is 4.74 Å². The van der Waals surface area contributed by atoms with E-state index in [1.165, 1.54) is 0 Å². The first-order valence-electron chi connectivity index (χ1n) is 8.81. The molecule has 6 heteroatoms. The molecule has 0 unspecified atom stereocenters. The topological polar surface area (TPSA) is 84.1 Å². The predicted octanol–water partition coefficient (Wildman–Crippen LogP) is 4.01. The van der Waals surface area contributed by atoms with Gasteiger partial charge >= 0.3 is 6.09 Å². The molecule has 1 amide bonds. The van der Waals surface area contributed by atoms with Crippen LogP contribution in [0.15, 0.2) is 48.7 Å². The van der Waals surface area contributed by atoms with E-state index >= 15 is 0 Å². The lowest BCUT2D eigenvalue weighted by Crippen LogP contribution is -2.32. The molecule has 0 fully saturated rings. The normalized spacial score (nSPS) is 11.4. The Kier molecular flexibility index (Phi) is 5.26. The first kappa shape index (κ1) is 18.6. The molecule has 3 rings (SSSR count). The summed E-state index contributed by atoms with van der Waals surface area (Å²) in [6.07, 6.45) is 1.61. The van der Waals surface area contributed by atoms with Crippen molar-refractivity contribution in [2.24, 2.45) is 0 Å². The molecule has 0 radical (unpaired) electrons. The molecule has 6 nitrogen and oxygen atoms in total. The SMILES string of the molecule is CC(C)(C)OC(=O)NCc1ccc(C(=O)Cc2ccc3[nH]ncc3c2)cc1. The molecular formula is C21H23N3O3. The summed E-state index contributed by atoms with van der Waals surface area (Å²) in [5.74, 6) is 0.0458. The fraction of sp³-hybridized carbons (Fsp3) is 0.286. The van der Waals surface area contributed by atoms with Crippen molar-refractivity contribution in [2.75, 3.05) is 0 Å². The molecule has 2 aromatic carbocycles. The van der Waals surface area contributed by atoms with Crippen molar-refractivity contribution in [2.45, 2.75) is 39.3 Å². The minimum absolute atomic E-state index is 0.0458. The van der Waals surface area contributed by atoms with Crippen LogP contribution in [0.3, 0.4) is 0 Å². The number of rotatable bonds is 5. The van der Waals surface area contributed by atoms with Gasteiger partial charge in [-0.1, -0.05) is 30.3 Å². The first-order chi connectivity index (χ1) is 12.8. The van der Waals surface area contributed by atoms with Crippen molar-refractivity contribution in [3.63, 3.8) is 0 Å². The molecule has 0 atom stereocenters. The molecule has 0 spiro atoms. The molecule has 140 valence electrons. The molecule has 0 aliphatic heterocycles. The van der Waals surface area contributed by atoms with Crippen LogP contribution >= 0.6 is 0 Å². The maximum absolute atomic E-state index is 12.5. The summed E-state index contributed by atoms with van der Waals surface area (Å²) in [5.41, 5.74) is 2.91. The standard InChI is InChI=1S/C21H23N3O3/c1-21(2,3)27-20(26)22-12-14-4-7-16(8-5-14)19(25)11-15-6-9-18-17(10-15)13-23-24-18/h4-10,13H,11-12H2,1-3H3,(H,22,26)(H,23,24). The van der Waals surface area contributed by atoms with E-state index in [2.05, 4.69) is 15.5 Å². The number of ether oxygens (including phenoxy) is 1. The number of carbonyl (C=O) groups is 2. The van der Waals surface area contributed by atoms with Crippen LogP contribution in [0.4, 0.5) is 4.79 Å². The Morgan fingerprint density at radius 3 is 2.48 bits per heavy atom. The average molecular weight is 365 g/mol. The van der Waals surface area contributed by atoms with Gasteiger partial charge in [0.1, 0.15) is 5.60 Å². The van der Waals surface area contributed by atoms with Crippen LogP contribution in [0.25, 0.3) is 10.9 Å². The van der Waals surface area contributed by atoms with Crippen LogP contribution in [0, 0.1) is 0 Å². The van der Waals surface area contributed by atoms with Gasteiger partial charge in [-0.2, -0.15) is 5.10 Å². The zero-order chi connectivity index (χ0) is 19.4. The summed E-state index contributed by atoms with van der Waals surface area (Å²) in [5, 5.41) is 10.6. The van der Waals surface area contributed by atoms with Gasteiger partial charge in [-0.25, -0.2) is 4.79 Å². The molecule has 2 N–H and O–H groups in total. The first-order valence-corrected chi connectivity index (χ1v) is 8.81. The number of aromatic amines is 1. The van der Waals surface area contributed by atoms with Crippen LogP contribution in [0.2, 0.25) is 0 Å². The molecule has 0 saturated carbocycles. The Labute approximate surface area is 157 Å². The highest BCUT2D eigenvalue weighted by Gasteiger charge is 2.15. The van der Waals surface area contributed by atoms with E-state index in [1.807, 2.05) is 51.1 Å². The van der Waals surface area contributed by atoms with Crippen molar-refractivity contribution >= 4 is 22.8 Å². The van der Waals surface area contributed by atoms with E-state index in [9.17, 15) is 9.59 Å². The zero-order valence-electron chi connectivity index (χ0n) is 15.7. The molecule has 1 heterocycles. The average Bonchev–Trinajstić information content (AvgIpc) is 3.06. The highest BCUT2D eigenvalue weighted by atomic mass is 16.6. The Balaban J connectivity index is 1.57. The number of aromatic nitrogens is 2. The van der Waals surface area contributed by atoms with E-state index in [-0.39, 0.29) is 5.78 Å². The van der Waals surface area contributed by atoms with E-state index < -0.39 is 11.7 Å². The van der Waals surface area contributed by atoms with Crippen molar-refractivity contribution in [1.82, 2.24) is 15.5 Å². The minimum atomic E-state index is -0.528. The molecule has 0 bridgehead atoms. The van der Waals surface area contributed by atoms with Crippen LogP contribution in [-0.2, 0) is 17.7 Å². The number of hydrogen-bond donors (Lipinski definition) is 2. The van der Waals surface area contributed by atoms with Gasteiger partial charge in [0.15, 0.2) is 5.78 Å². The number of nitrogens with zero attached hydrogens (tertiary/aromatic N) is 1.